The number of unbranched alkanes of at least 4 members (excludes halogenated alkanes) is 2. The highest BCUT2D eigenvalue weighted by molar-refractivity contribution is 6.82. The van der Waals surface area contributed by atoms with E-state index in [1.807, 2.05) is 0 Å². The Bertz CT molecular complexity index is 431. The minimum Gasteiger partial charge on any atom is -0.414 e. The molecule has 0 saturated heterocycles. The molecule has 0 aromatic carbocycles. The van der Waals surface area contributed by atoms with Crippen molar-refractivity contribution in [2.45, 2.75) is 122 Å². The van der Waals surface area contributed by atoms with Gasteiger partial charge in [-0.2, -0.15) is 0 Å². The van der Waals surface area contributed by atoms with Gasteiger partial charge in [0.25, 0.3) is 0 Å². The van der Waals surface area contributed by atoms with Crippen molar-refractivity contribution < 1.29 is 14.0 Å². The minimum absolute atomic E-state index is 0.0636. The summed E-state index contributed by atoms with van der Waals surface area (Å²) in [6.45, 7) is 18.8. The van der Waals surface area contributed by atoms with Gasteiger partial charge in [0.2, 0.25) is 0 Å². The monoisotopic (exact) mass is 400 g/mol. The highest BCUT2D eigenvalue weighted by Gasteiger charge is 2.52. The summed E-state index contributed by atoms with van der Waals surface area (Å²) in [5.74, 6) is 0. The van der Waals surface area contributed by atoms with Crippen molar-refractivity contribution in [1.82, 2.24) is 0 Å². The molecule has 26 heavy (non-hydrogen) atoms. The topological polar surface area (TPSA) is 43.4 Å². The summed E-state index contributed by atoms with van der Waals surface area (Å²) in [4.78, 5) is 21.5. The first-order valence-corrected chi connectivity index (χ1v) is 16.7. The molecule has 1 atom stereocenters. The molecule has 5 heteroatoms. The van der Waals surface area contributed by atoms with Crippen LogP contribution in [0.3, 0.4) is 0 Å². The number of hydrogen-bond acceptors (Lipinski definition) is 3. The van der Waals surface area contributed by atoms with E-state index in [0.29, 0.717) is 12.8 Å². The van der Waals surface area contributed by atoms with Crippen molar-refractivity contribution >= 4 is 29.0 Å². The van der Waals surface area contributed by atoms with Crippen LogP contribution in [0.15, 0.2) is 0 Å². The molecular weight excluding hydrogens is 356 g/mol. The van der Waals surface area contributed by atoms with Crippen LogP contribution in [0.5, 0.6) is 0 Å². The standard InChI is InChI=1S/C21H44O3Si2/c1-9-20(4,25(5,6)19-15-14-18-23)24-26(7,8)21(10-2,11-3)16-12-13-17-22/h17-18H,9-16,19H2,1-8H3. The maximum absolute atomic E-state index is 10.8. The van der Waals surface area contributed by atoms with Crippen LogP contribution in [-0.4, -0.2) is 34.2 Å². The van der Waals surface area contributed by atoms with Crippen molar-refractivity contribution in [3.8, 4) is 0 Å². The molecule has 0 radical (unpaired) electrons. The van der Waals surface area contributed by atoms with Crippen LogP contribution in [0.25, 0.3) is 0 Å². The molecule has 0 aromatic rings. The lowest BCUT2D eigenvalue weighted by molar-refractivity contribution is -0.108. The van der Waals surface area contributed by atoms with E-state index in [2.05, 4.69) is 53.9 Å². The summed E-state index contributed by atoms with van der Waals surface area (Å²) in [7, 11) is -3.65. The number of carbonyl (C=O) groups is 2. The third-order valence-electron chi connectivity index (χ3n) is 7.32. The van der Waals surface area contributed by atoms with Gasteiger partial charge in [-0.1, -0.05) is 52.8 Å². The molecular formula is C21H44O3Si2. The van der Waals surface area contributed by atoms with E-state index in [-0.39, 0.29) is 10.3 Å². The molecule has 0 aliphatic carbocycles. The molecule has 0 heterocycles. The van der Waals surface area contributed by atoms with Crippen molar-refractivity contribution in [1.29, 1.82) is 0 Å². The Morgan fingerprint density at radius 1 is 0.846 bits per heavy atom. The van der Waals surface area contributed by atoms with E-state index in [1.54, 1.807) is 0 Å². The zero-order chi connectivity index (χ0) is 20.5. The van der Waals surface area contributed by atoms with Crippen molar-refractivity contribution in [3.63, 3.8) is 0 Å². The van der Waals surface area contributed by atoms with Gasteiger partial charge >= 0.3 is 0 Å². The van der Waals surface area contributed by atoms with Gasteiger partial charge in [0.15, 0.2) is 8.32 Å². The summed E-state index contributed by atoms with van der Waals surface area (Å²) in [5.41, 5.74) is 0. The summed E-state index contributed by atoms with van der Waals surface area (Å²) >= 11 is 0. The molecule has 0 aliphatic rings. The maximum atomic E-state index is 10.8. The van der Waals surface area contributed by atoms with Gasteiger partial charge in [0, 0.05) is 18.1 Å². The second-order valence-electron chi connectivity index (χ2n) is 9.19. The lowest BCUT2D eigenvalue weighted by atomic mass is 9.95. The van der Waals surface area contributed by atoms with Gasteiger partial charge in [0.1, 0.15) is 12.6 Å². The summed E-state index contributed by atoms with van der Waals surface area (Å²) in [6, 6.07) is 1.14. The number of aldehydes is 2. The summed E-state index contributed by atoms with van der Waals surface area (Å²) in [6.07, 6.45) is 9.71. The van der Waals surface area contributed by atoms with Gasteiger partial charge < -0.3 is 14.0 Å². The second-order valence-corrected chi connectivity index (χ2v) is 18.8. The second kappa shape index (κ2) is 10.9. The molecule has 3 nitrogen and oxygen atoms in total. The zero-order valence-corrected chi connectivity index (χ0v) is 20.7. The largest absolute Gasteiger partial charge is 0.414 e. The van der Waals surface area contributed by atoms with Gasteiger partial charge in [-0.3, -0.25) is 0 Å². The van der Waals surface area contributed by atoms with E-state index < -0.39 is 16.4 Å². The van der Waals surface area contributed by atoms with Gasteiger partial charge in [0.05, 0.1) is 8.07 Å². The molecule has 0 aliphatic heterocycles. The fourth-order valence-electron chi connectivity index (χ4n) is 4.53. The van der Waals surface area contributed by atoms with Gasteiger partial charge in [-0.25, -0.2) is 0 Å². The van der Waals surface area contributed by atoms with Crippen LogP contribution < -0.4 is 0 Å². The molecule has 0 amide bonds. The Balaban J connectivity index is 5.56. The summed E-state index contributed by atoms with van der Waals surface area (Å²) < 4.78 is 7.17. The van der Waals surface area contributed by atoms with Crippen LogP contribution in [0.4, 0.5) is 0 Å². The van der Waals surface area contributed by atoms with E-state index in [4.69, 9.17) is 4.43 Å². The van der Waals surface area contributed by atoms with Crippen molar-refractivity contribution in [3.05, 3.63) is 0 Å². The Morgan fingerprint density at radius 3 is 1.77 bits per heavy atom. The smallest absolute Gasteiger partial charge is 0.193 e. The molecule has 0 aromatic heterocycles. The van der Waals surface area contributed by atoms with E-state index >= 15 is 0 Å². The third kappa shape index (κ3) is 6.13. The Labute approximate surface area is 164 Å². The average molecular weight is 401 g/mol. The fraction of sp³-hybridized carbons (Fsp3) is 0.905. The van der Waals surface area contributed by atoms with Crippen LogP contribution >= 0.6 is 0 Å². The van der Waals surface area contributed by atoms with Crippen LogP contribution in [0, 0.1) is 0 Å². The zero-order valence-electron chi connectivity index (χ0n) is 18.7. The van der Waals surface area contributed by atoms with Crippen molar-refractivity contribution in [2.24, 2.45) is 0 Å². The first-order valence-electron chi connectivity index (χ1n) is 10.6. The first-order chi connectivity index (χ1) is 12.0. The molecule has 0 spiro atoms. The van der Waals surface area contributed by atoms with Gasteiger partial charge in [-0.15, -0.1) is 0 Å². The Kier molecular flexibility index (Phi) is 10.8. The SMILES string of the molecule is CCC(C)(O[Si](C)(C)C(CC)(CC)CCCC=O)[Si](C)(C)CCCC=O. The van der Waals surface area contributed by atoms with Crippen LogP contribution in [0.1, 0.15) is 79.1 Å². The quantitative estimate of drug-likeness (QED) is 0.178. The van der Waals surface area contributed by atoms with Crippen molar-refractivity contribution in [2.75, 3.05) is 0 Å². The average Bonchev–Trinajstić information content (AvgIpc) is 2.58. The Morgan fingerprint density at radius 2 is 1.35 bits per heavy atom. The van der Waals surface area contributed by atoms with E-state index in [1.165, 1.54) is 0 Å². The lowest BCUT2D eigenvalue weighted by Gasteiger charge is -2.53. The molecule has 0 rings (SSSR count). The lowest BCUT2D eigenvalue weighted by Crippen LogP contribution is -2.61. The summed E-state index contributed by atoms with van der Waals surface area (Å²) in [5, 5.41) is 0.158. The highest BCUT2D eigenvalue weighted by Crippen LogP contribution is 2.52. The minimum atomic E-state index is -2.00. The highest BCUT2D eigenvalue weighted by atomic mass is 28.4. The third-order valence-corrected chi connectivity index (χ3v) is 16.9. The molecule has 1 unspecified atom stereocenters. The predicted octanol–water partition coefficient (Wildman–Crippen LogP) is 6.53. The molecule has 0 bridgehead atoms. The maximum Gasteiger partial charge on any atom is 0.193 e. The molecule has 0 fully saturated rings. The number of carbonyl (C=O) groups excluding carboxylic acids is 2. The van der Waals surface area contributed by atoms with Crippen LogP contribution in [-0.2, 0) is 14.0 Å². The Hall–Kier alpha value is -0.266. The van der Waals surface area contributed by atoms with E-state index in [9.17, 15) is 9.59 Å². The molecule has 0 saturated carbocycles. The molecule has 154 valence electrons. The van der Waals surface area contributed by atoms with E-state index in [0.717, 1.165) is 57.1 Å². The predicted molar refractivity (Wildman–Crippen MR) is 118 cm³/mol. The first kappa shape index (κ1) is 25.7. The van der Waals surface area contributed by atoms with Crippen LogP contribution in [0.2, 0.25) is 37.3 Å². The number of hydrogen-bond donors (Lipinski definition) is 0. The normalized spacial score (nSPS) is 15.5. The molecule has 0 N–H and O–H groups in total. The fourth-order valence-corrected chi connectivity index (χ4v) is 12.9. The van der Waals surface area contributed by atoms with Gasteiger partial charge in [-0.05, 0) is 50.7 Å². The number of rotatable bonds is 15.